The minimum absolute atomic E-state index is 0.0291. The highest BCUT2D eigenvalue weighted by Crippen LogP contribution is 2.45. The summed E-state index contributed by atoms with van der Waals surface area (Å²) in [6, 6.07) is 0. The fourth-order valence-electron chi connectivity index (χ4n) is 3.10. The van der Waals surface area contributed by atoms with E-state index in [4.69, 9.17) is 4.74 Å². The zero-order valence-electron chi connectivity index (χ0n) is 10.0. The Balaban J connectivity index is 2.29. The summed E-state index contributed by atoms with van der Waals surface area (Å²) in [5.41, 5.74) is -1.25. The van der Waals surface area contributed by atoms with Gasteiger partial charge in [-0.25, -0.2) is 0 Å². The monoisotopic (exact) mass is 224 g/mol. The molecule has 1 fully saturated rings. The Bertz CT molecular complexity index is 314. The molecule has 2 rings (SSSR count). The number of allylic oxidation sites excluding steroid dienone is 1. The van der Waals surface area contributed by atoms with Crippen LogP contribution in [0, 0.1) is 5.92 Å². The van der Waals surface area contributed by atoms with Crippen LogP contribution in [0.4, 0.5) is 0 Å². The van der Waals surface area contributed by atoms with Gasteiger partial charge >= 0.3 is 5.97 Å². The summed E-state index contributed by atoms with van der Waals surface area (Å²) in [5.74, 6) is -0.0917. The van der Waals surface area contributed by atoms with Crippen LogP contribution in [0.2, 0.25) is 0 Å². The summed E-state index contributed by atoms with van der Waals surface area (Å²) in [6.07, 6.45) is 8.02. The van der Waals surface area contributed by atoms with Gasteiger partial charge in [-0.15, -0.1) is 0 Å². The molecule has 16 heavy (non-hydrogen) atoms. The van der Waals surface area contributed by atoms with Gasteiger partial charge < -0.3 is 9.84 Å². The van der Waals surface area contributed by atoms with Crippen molar-refractivity contribution in [2.75, 3.05) is 0 Å². The lowest BCUT2D eigenvalue weighted by molar-refractivity contribution is -0.163. The molecule has 0 radical (unpaired) electrons. The Morgan fingerprint density at radius 1 is 1.50 bits per heavy atom. The molecule has 0 aromatic heterocycles. The highest BCUT2D eigenvalue weighted by molar-refractivity contribution is 5.72. The van der Waals surface area contributed by atoms with E-state index in [1.165, 1.54) is 0 Å². The average molecular weight is 224 g/mol. The Labute approximate surface area is 96.5 Å². The number of hydrogen-bond acceptors (Lipinski definition) is 3. The molecule has 90 valence electrons. The van der Waals surface area contributed by atoms with Crippen molar-refractivity contribution in [1.82, 2.24) is 0 Å². The summed E-state index contributed by atoms with van der Waals surface area (Å²) in [7, 11) is 0. The molecule has 1 N–H and O–H groups in total. The molecule has 3 nitrogen and oxygen atoms in total. The molecular weight excluding hydrogens is 204 g/mol. The van der Waals surface area contributed by atoms with Crippen molar-refractivity contribution in [1.29, 1.82) is 0 Å². The van der Waals surface area contributed by atoms with Gasteiger partial charge in [0.1, 0.15) is 5.60 Å². The number of rotatable bonds is 1. The molecule has 0 aromatic carbocycles. The number of ether oxygens (including phenoxy) is 1. The first-order valence-electron chi connectivity index (χ1n) is 6.03. The van der Waals surface area contributed by atoms with Crippen LogP contribution in [0.25, 0.3) is 0 Å². The highest BCUT2D eigenvalue weighted by atomic mass is 16.6. The van der Waals surface area contributed by atoms with Gasteiger partial charge in [-0.05, 0) is 33.1 Å². The van der Waals surface area contributed by atoms with Crippen molar-refractivity contribution >= 4 is 5.97 Å². The Kier molecular flexibility index (Phi) is 2.82. The molecule has 1 aliphatic carbocycles. The van der Waals surface area contributed by atoms with E-state index in [2.05, 4.69) is 12.2 Å². The van der Waals surface area contributed by atoms with E-state index in [1.54, 1.807) is 0 Å². The predicted molar refractivity (Wildman–Crippen MR) is 60.8 cm³/mol. The first kappa shape index (κ1) is 11.6. The second-order valence-electron chi connectivity index (χ2n) is 5.50. The summed E-state index contributed by atoms with van der Waals surface area (Å²) in [4.78, 5) is 11.4. The van der Waals surface area contributed by atoms with Crippen LogP contribution in [0.3, 0.4) is 0 Å². The maximum absolute atomic E-state index is 11.4. The van der Waals surface area contributed by atoms with Crippen molar-refractivity contribution in [2.24, 2.45) is 5.92 Å². The number of aliphatic hydroxyl groups is 1. The second kappa shape index (κ2) is 3.88. The van der Waals surface area contributed by atoms with Crippen molar-refractivity contribution in [3.05, 3.63) is 12.2 Å². The number of esters is 1. The van der Waals surface area contributed by atoms with Crippen LogP contribution in [0.1, 0.15) is 46.0 Å². The van der Waals surface area contributed by atoms with E-state index < -0.39 is 11.2 Å². The summed E-state index contributed by atoms with van der Waals surface area (Å²) in [5, 5.41) is 10.3. The van der Waals surface area contributed by atoms with E-state index in [0.717, 1.165) is 25.7 Å². The lowest BCUT2D eigenvalue weighted by Gasteiger charge is -2.41. The van der Waals surface area contributed by atoms with Gasteiger partial charge in [0, 0.05) is 18.8 Å². The molecule has 0 amide bonds. The third kappa shape index (κ3) is 2.01. The van der Waals surface area contributed by atoms with E-state index in [1.807, 2.05) is 13.8 Å². The van der Waals surface area contributed by atoms with Gasteiger partial charge in [0.15, 0.2) is 0 Å². The fraction of sp³-hybridized carbons (Fsp3) is 0.769. The van der Waals surface area contributed by atoms with E-state index in [-0.39, 0.29) is 11.9 Å². The number of hydrogen-bond donors (Lipinski definition) is 1. The first-order valence-corrected chi connectivity index (χ1v) is 6.03. The third-order valence-corrected chi connectivity index (χ3v) is 3.81. The van der Waals surface area contributed by atoms with Crippen molar-refractivity contribution in [2.45, 2.75) is 57.2 Å². The molecule has 2 atom stereocenters. The lowest BCUT2D eigenvalue weighted by Crippen LogP contribution is -2.48. The van der Waals surface area contributed by atoms with Gasteiger partial charge in [0.05, 0.1) is 5.60 Å². The lowest BCUT2D eigenvalue weighted by atomic mass is 9.72. The zero-order chi connectivity index (χ0) is 11.8. The van der Waals surface area contributed by atoms with E-state index in [0.29, 0.717) is 6.42 Å². The van der Waals surface area contributed by atoms with Gasteiger partial charge in [0.2, 0.25) is 0 Å². The van der Waals surface area contributed by atoms with Crippen molar-refractivity contribution < 1.29 is 14.6 Å². The number of carbonyl (C=O) groups is 1. The molecule has 0 saturated carbocycles. The molecule has 2 aliphatic rings. The fourth-order valence-corrected chi connectivity index (χ4v) is 3.10. The molecule has 3 heteroatoms. The van der Waals surface area contributed by atoms with Gasteiger partial charge in [-0.1, -0.05) is 12.2 Å². The van der Waals surface area contributed by atoms with Gasteiger partial charge in [-0.3, -0.25) is 4.79 Å². The smallest absolute Gasteiger partial charge is 0.306 e. The van der Waals surface area contributed by atoms with Crippen LogP contribution >= 0.6 is 0 Å². The van der Waals surface area contributed by atoms with E-state index >= 15 is 0 Å². The van der Waals surface area contributed by atoms with Crippen LogP contribution < -0.4 is 0 Å². The largest absolute Gasteiger partial charge is 0.458 e. The molecule has 0 unspecified atom stereocenters. The molecule has 0 bridgehead atoms. The Hall–Kier alpha value is -0.830. The summed E-state index contributed by atoms with van der Waals surface area (Å²) in [6.45, 7) is 3.63. The predicted octanol–water partition coefficient (Wildman–Crippen LogP) is 2.19. The molecule has 0 aromatic rings. The normalized spacial score (nSPS) is 35.2. The standard InChI is InChI=1S/C13H20O3/c1-12(2,15)10-6-4-3-5-8-13(10)9-7-11(14)16-13/h3,5,10,15H,4,6-9H2,1-2H3/t10-,13-/m1/s1. The summed E-state index contributed by atoms with van der Waals surface area (Å²) < 4.78 is 5.56. The average Bonchev–Trinajstić information content (AvgIpc) is 2.42. The quantitative estimate of drug-likeness (QED) is 0.548. The Morgan fingerprint density at radius 2 is 2.25 bits per heavy atom. The third-order valence-electron chi connectivity index (χ3n) is 3.81. The van der Waals surface area contributed by atoms with Gasteiger partial charge in [-0.2, -0.15) is 0 Å². The zero-order valence-corrected chi connectivity index (χ0v) is 10.0. The van der Waals surface area contributed by atoms with Crippen molar-refractivity contribution in [3.63, 3.8) is 0 Å². The maximum atomic E-state index is 11.4. The van der Waals surface area contributed by atoms with Crippen LogP contribution in [0.15, 0.2) is 12.2 Å². The minimum Gasteiger partial charge on any atom is -0.458 e. The second-order valence-corrected chi connectivity index (χ2v) is 5.50. The molecule has 1 heterocycles. The minimum atomic E-state index is -0.795. The van der Waals surface area contributed by atoms with Crippen LogP contribution in [-0.2, 0) is 9.53 Å². The molecular formula is C13H20O3. The molecule has 1 aliphatic heterocycles. The Morgan fingerprint density at radius 3 is 2.81 bits per heavy atom. The van der Waals surface area contributed by atoms with Crippen LogP contribution in [0.5, 0.6) is 0 Å². The van der Waals surface area contributed by atoms with Gasteiger partial charge in [0.25, 0.3) is 0 Å². The topological polar surface area (TPSA) is 46.5 Å². The highest BCUT2D eigenvalue weighted by Gasteiger charge is 2.51. The van der Waals surface area contributed by atoms with E-state index in [9.17, 15) is 9.90 Å². The SMILES string of the molecule is CC(C)(O)[C@H]1CCC=CC[C@@]12CCC(=O)O2. The van der Waals surface area contributed by atoms with Crippen molar-refractivity contribution in [3.8, 4) is 0 Å². The van der Waals surface area contributed by atoms with Crippen LogP contribution in [-0.4, -0.2) is 22.3 Å². The molecule has 1 saturated heterocycles. The first-order chi connectivity index (χ1) is 7.44. The maximum Gasteiger partial charge on any atom is 0.306 e. The molecule has 1 spiro atoms. The summed E-state index contributed by atoms with van der Waals surface area (Å²) >= 11 is 0. The number of carbonyl (C=O) groups excluding carboxylic acids is 1.